The molecule has 72 valence electrons. The number of hydrogen-bond donors (Lipinski definition) is 0. The van der Waals surface area contributed by atoms with Crippen molar-refractivity contribution in [2.75, 3.05) is 7.11 Å². The third-order valence-electron chi connectivity index (χ3n) is 2.15. The summed E-state index contributed by atoms with van der Waals surface area (Å²) in [6, 6.07) is 7.90. The molecule has 0 N–H and O–H groups in total. The van der Waals surface area contributed by atoms with E-state index < -0.39 is 0 Å². The maximum absolute atomic E-state index is 5.16. The maximum Gasteiger partial charge on any atom is 0.120 e. The average Bonchev–Trinajstić information content (AvgIpc) is 2.65. The van der Waals surface area contributed by atoms with E-state index >= 15 is 0 Å². The van der Waals surface area contributed by atoms with Gasteiger partial charge in [0.1, 0.15) is 5.75 Å². The van der Waals surface area contributed by atoms with Crippen LogP contribution in [0, 0.1) is 6.92 Å². The number of nitrogens with zero attached hydrogens (tertiary/aromatic N) is 2. The van der Waals surface area contributed by atoms with Crippen molar-refractivity contribution in [3.05, 3.63) is 42.5 Å². The molecule has 2 rings (SSSR count). The first kappa shape index (κ1) is 8.81. The minimum absolute atomic E-state index is 0.857. The molecule has 0 aliphatic carbocycles. The number of aromatic nitrogens is 2. The molecule has 1 heterocycles. The second-order valence-electron chi connectivity index (χ2n) is 3.11. The highest BCUT2D eigenvalue weighted by Gasteiger charge is 2.00. The van der Waals surface area contributed by atoms with Crippen molar-refractivity contribution < 1.29 is 4.74 Å². The Morgan fingerprint density at radius 1 is 1.36 bits per heavy atom. The van der Waals surface area contributed by atoms with Gasteiger partial charge in [-0.15, -0.1) is 0 Å². The number of imidazole rings is 1. The molecule has 0 bridgehead atoms. The van der Waals surface area contributed by atoms with E-state index in [0.717, 1.165) is 17.1 Å². The van der Waals surface area contributed by atoms with Crippen molar-refractivity contribution in [3.8, 4) is 11.4 Å². The molecule has 0 amide bonds. The summed E-state index contributed by atoms with van der Waals surface area (Å²) in [6.45, 7) is 2.02. The fourth-order valence-corrected chi connectivity index (χ4v) is 1.39. The summed E-state index contributed by atoms with van der Waals surface area (Å²) in [5.41, 5.74) is 2.18. The lowest BCUT2D eigenvalue weighted by atomic mass is 10.3. The third kappa shape index (κ3) is 1.48. The smallest absolute Gasteiger partial charge is 0.120 e. The Labute approximate surface area is 83.0 Å². The van der Waals surface area contributed by atoms with Gasteiger partial charge < -0.3 is 9.30 Å². The lowest BCUT2D eigenvalue weighted by molar-refractivity contribution is 0.414. The van der Waals surface area contributed by atoms with Gasteiger partial charge in [-0.2, -0.15) is 0 Å². The average molecular weight is 188 g/mol. The molecule has 0 unspecified atom stereocenters. The molecule has 0 spiro atoms. The van der Waals surface area contributed by atoms with Crippen LogP contribution in [0.5, 0.6) is 5.75 Å². The Hall–Kier alpha value is -1.77. The van der Waals surface area contributed by atoms with E-state index in [1.165, 1.54) is 0 Å². The Bertz CT molecular complexity index is 434. The molecule has 2 aromatic rings. The SMILES string of the molecule is COc1cccc(-n2cncc2C)c1. The van der Waals surface area contributed by atoms with Gasteiger partial charge in [0, 0.05) is 18.0 Å². The first-order valence-electron chi connectivity index (χ1n) is 4.44. The quantitative estimate of drug-likeness (QED) is 0.722. The number of hydrogen-bond acceptors (Lipinski definition) is 2. The second-order valence-corrected chi connectivity index (χ2v) is 3.11. The summed E-state index contributed by atoms with van der Waals surface area (Å²) < 4.78 is 7.18. The molecule has 1 aromatic carbocycles. The second kappa shape index (κ2) is 3.54. The van der Waals surface area contributed by atoms with Crippen molar-refractivity contribution in [3.63, 3.8) is 0 Å². The molecule has 1 aromatic heterocycles. The molecule has 0 radical (unpaired) electrons. The Morgan fingerprint density at radius 2 is 2.21 bits per heavy atom. The minimum Gasteiger partial charge on any atom is -0.497 e. The zero-order chi connectivity index (χ0) is 9.97. The molecule has 3 nitrogen and oxygen atoms in total. The van der Waals surface area contributed by atoms with E-state index in [4.69, 9.17) is 4.74 Å². The van der Waals surface area contributed by atoms with Crippen LogP contribution in [0.3, 0.4) is 0 Å². The maximum atomic E-state index is 5.16. The molecule has 0 aliphatic rings. The van der Waals surface area contributed by atoms with E-state index in [0.29, 0.717) is 0 Å². The zero-order valence-corrected chi connectivity index (χ0v) is 8.27. The fraction of sp³-hybridized carbons (Fsp3) is 0.182. The van der Waals surface area contributed by atoms with Gasteiger partial charge in [0.2, 0.25) is 0 Å². The third-order valence-corrected chi connectivity index (χ3v) is 2.15. The van der Waals surface area contributed by atoms with Crippen LogP contribution in [0.15, 0.2) is 36.8 Å². The topological polar surface area (TPSA) is 27.1 Å². The fourth-order valence-electron chi connectivity index (χ4n) is 1.39. The highest BCUT2D eigenvalue weighted by molar-refractivity contribution is 5.40. The minimum atomic E-state index is 0.857. The van der Waals surface area contributed by atoms with Gasteiger partial charge in [-0.1, -0.05) is 6.07 Å². The highest BCUT2D eigenvalue weighted by Crippen LogP contribution is 2.17. The Kier molecular flexibility index (Phi) is 2.23. The first-order chi connectivity index (χ1) is 6.81. The number of aryl methyl sites for hydroxylation is 1. The molecule has 0 aliphatic heterocycles. The van der Waals surface area contributed by atoms with Crippen LogP contribution in [-0.2, 0) is 0 Å². The van der Waals surface area contributed by atoms with Crippen molar-refractivity contribution in [2.24, 2.45) is 0 Å². The number of ether oxygens (including phenoxy) is 1. The van der Waals surface area contributed by atoms with Gasteiger partial charge in [0.25, 0.3) is 0 Å². The van der Waals surface area contributed by atoms with Crippen LogP contribution < -0.4 is 4.74 Å². The van der Waals surface area contributed by atoms with Gasteiger partial charge in [-0.05, 0) is 19.1 Å². The summed E-state index contributed by atoms with van der Waals surface area (Å²) in [5.74, 6) is 0.857. The molecule has 0 atom stereocenters. The Balaban J connectivity index is 2.47. The molecular weight excluding hydrogens is 176 g/mol. The summed E-state index contributed by atoms with van der Waals surface area (Å²) >= 11 is 0. The summed E-state index contributed by atoms with van der Waals surface area (Å²) in [6.07, 6.45) is 3.63. The molecular formula is C11H12N2O. The summed E-state index contributed by atoms with van der Waals surface area (Å²) in [5, 5.41) is 0. The van der Waals surface area contributed by atoms with Crippen LogP contribution >= 0.6 is 0 Å². The summed E-state index contributed by atoms with van der Waals surface area (Å²) in [4.78, 5) is 4.08. The number of benzene rings is 1. The van der Waals surface area contributed by atoms with E-state index in [1.54, 1.807) is 13.4 Å². The first-order valence-corrected chi connectivity index (χ1v) is 4.44. The van der Waals surface area contributed by atoms with Gasteiger partial charge in [-0.25, -0.2) is 4.98 Å². The van der Waals surface area contributed by atoms with E-state index in [-0.39, 0.29) is 0 Å². The molecule has 0 fully saturated rings. The van der Waals surface area contributed by atoms with Crippen molar-refractivity contribution in [2.45, 2.75) is 6.92 Å². The molecule has 3 heteroatoms. The number of methoxy groups -OCH3 is 1. The highest BCUT2D eigenvalue weighted by atomic mass is 16.5. The van der Waals surface area contributed by atoms with Crippen molar-refractivity contribution in [1.29, 1.82) is 0 Å². The number of rotatable bonds is 2. The van der Waals surface area contributed by atoms with Crippen LogP contribution in [0.2, 0.25) is 0 Å². The van der Waals surface area contributed by atoms with E-state index in [1.807, 2.05) is 42.0 Å². The van der Waals surface area contributed by atoms with Gasteiger partial charge in [0.15, 0.2) is 0 Å². The van der Waals surface area contributed by atoms with Crippen LogP contribution in [0.4, 0.5) is 0 Å². The van der Waals surface area contributed by atoms with Crippen LogP contribution in [0.25, 0.3) is 5.69 Å². The lowest BCUT2D eigenvalue weighted by Gasteiger charge is -2.06. The van der Waals surface area contributed by atoms with E-state index in [2.05, 4.69) is 4.98 Å². The monoisotopic (exact) mass is 188 g/mol. The van der Waals surface area contributed by atoms with Crippen LogP contribution in [0.1, 0.15) is 5.69 Å². The zero-order valence-electron chi connectivity index (χ0n) is 8.27. The van der Waals surface area contributed by atoms with Gasteiger partial charge in [-0.3, -0.25) is 0 Å². The largest absolute Gasteiger partial charge is 0.497 e. The standard InChI is InChI=1S/C11H12N2O/c1-9-7-12-8-13(9)10-4-3-5-11(6-10)14-2/h3-8H,1-2H3. The molecule has 0 saturated heterocycles. The predicted molar refractivity (Wildman–Crippen MR) is 54.9 cm³/mol. The lowest BCUT2D eigenvalue weighted by Crippen LogP contribution is -1.94. The van der Waals surface area contributed by atoms with Crippen molar-refractivity contribution in [1.82, 2.24) is 9.55 Å². The molecule has 0 saturated carbocycles. The van der Waals surface area contributed by atoms with Gasteiger partial charge in [0.05, 0.1) is 19.1 Å². The predicted octanol–water partition coefficient (Wildman–Crippen LogP) is 2.19. The Morgan fingerprint density at radius 3 is 2.86 bits per heavy atom. The summed E-state index contributed by atoms with van der Waals surface area (Å²) in [7, 11) is 1.67. The van der Waals surface area contributed by atoms with E-state index in [9.17, 15) is 0 Å². The van der Waals surface area contributed by atoms with Crippen molar-refractivity contribution >= 4 is 0 Å². The molecule has 14 heavy (non-hydrogen) atoms. The normalized spacial score (nSPS) is 10.1. The van der Waals surface area contributed by atoms with Gasteiger partial charge >= 0.3 is 0 Å². The van der Waals surface area contributed by atoms with Crippen LogP contribution in [-0.4, -0.2) is 16.7 Å².